The van der Waals surface area contributed by atoms with Crippen molar-refractivity contribution in [3.8, 4) is 5.82 Å². The number of pyridine rings is 1. The van der Waals surface area contributed by atoms with Gasteiger partial charge >= 0.3 is 0 Å². The number of hydrogen-bond donors (Lipinski definition) is 2. The number of aromatic nitrogens is 3. The van der Waals surface area contributed by atoms with E-state index >= 15 is 0 Å². The molecule has 1 atom stereocenters. The molecule has 110 valence electrons. The minimum absolute atomic E-state index is 0.0353. The van der Waals surface area contributed by atoms with Crippen LogP contribution in [-0.2, 0) is 0 Å². The van der Waals surface area contributed by atoms with Gasteiger partial charge in [-0.3, -0.25) is 4.79 Å². The molecule has 0 bridgehead atoms. The molecule has 0 radical (unpaired) electrons. The Labute approximate surface area is 122 Å². The second-order valence-electron chi connectivity index (χ2n) is 5.25. The zero-order chi connectivity index (χ0) is 14.7. The molecule has 21 heavy (non-hydrogen) atoms. The van der Waals surface area contributed by atoms with E-state index in [-0.39, 0.29) is 18.6 Å². The summed E-state index contributed by atoms with van der Waals surface area (Å²) in [6, 6.07) is 5.30. The largest absolute Gasteiger partial charge is 0.396 e. The summed E-state index contributed by atoms with van der Waals surface area (Å²) in [5, 5.41) is 16.3. The van der Waals surface area contributed by atoms with Crippen molar-refractivity contribution >= 4 is 5.91 Å². The molecule has 2 heterocycles. The number of aliphatic hydroxyl groups is 1. The second-order valence-corrected chi connectivity index (χ2v) is 5.25. The van der Waals surface area contributed by atoms with Gasteiger partial charge in [-0.05, 0) is 43.4 Å². The zero-order valence-electron chi connectivity index (χ0n) is 11.6. The van der Waals surface area contributed by atoms with Crippen LogP contribution in [0.1, 0.15) is 29.6 Å². The summed E-state index contributed by atoms with van der Waals surface area (Å²) in [5.74, 6) is 0.837. The van der Waals surface area contributed by atoms with E-state index in [0.717, 1.165) is 12.8 Å². The van der Waals surface area contributed by atoms with Gasteiger partial charge in [0.05, 0.1) is 5.56 Å². The summed E-state index contributed by atoms with van der Waals surface area (Å²) in [6.07, 6.45) is 7.86. The molecule has 3 rings (SSSR count). The van der Waals surface area contributed by atoms with Gasteiger partial charge in [0, 0.05) is 31.2 Å². The number of amides is 1. The van der Waals surface area contributed by atoms with Gasteiger partial charge in [-0.25, -0.2) is 9.67 Å². The molecule has 0 saturated heterocycles. The van der Waals surface area contributed by atoms with E-state index in [4.69, 9.17) is 5.11 Å². The smallest absolute Gasteiger partial charge is 0.255 e. The average molecular weight is 286 g/mol. The molecule has 2 aromatic heterocycles. The standard InChI is InChI=1S/C15H18N4O2/c20-10-6-13(11-4-5-11)18-15(21)12-3-1-7-16-14(12)19-9-2-8-17-19/h1-3,7-9,11,13,20H,4-6,10H2,(H,18,21). The fourth-order valence-corrected chi connectivity index (χ4v) is 2.46. The lowest BCUT2D eigenvalue weighted by atomic mass is 10.1. The summed E-state index contributed by atoms with van der Waals surface area (Å²) >= 11 is 0. The van der Waals surface area contributed by atoms with E-state index in [9.17, 15) is 4.79 Å². The molecule has 6 nitrogen and oxygen atoms in total. The van der Waals surface area contributed by atoms with Gasteiger partial charge in [0.25, 0.3) is 5.91 Å². The van der Waals surface area contributed by atoms with Crippen molar-refractivity contribution in [2.45, 2.75) is 25.3 Å². The first-order chi connectivity index (χ1) is 10.3. The number of aliphatic hydroxyl groups excluding tert-OH is 1. The molecule has 0 aromatic carbocycles. The minimum atomic E-state index is -0.168. The maximum absolute atomic E-state index is 12.5. The Kier molecular flexibility index (Phi) is 3.96. The molecular weight excluding hydrogens is 268 g/mol. The lowest BCUT2D eigenvalue weighted by molar-refractivity contribution is 0.0923. The highest BCUT2D eigenvalue weighted by molar-refractivity contribution is 5.97. The van der Waals surface area contributed by atoms with Gasteiger partial charge in [0.1, 0.15) is 0 Å². The highest BCUT2D eigenvalue weighted by Crippen LogP contribution is 2.34. The van der Waals surface area contributed by atoms with Crippen molar-refractivity contribution in [3.63, 3.8) is 0 Å². The van der Waals surface area contributed by atoms with Crippen LogP contribution in [-0.4, -0.2) is 38.4 Å². The van der Waals surface area contributed by atoms with E-state index in [1.165, 1.54) is 0 Å². The summed E-state index contributed by atoms with van der Waals surface area (Å²) in [7, 11) is 0. The van der Waals surface area contributed by atoms with Gasteiger partial charge in [-0.2, -0.15) is 5.10 Å². The van der Waals surface area contributed by atoms with Crippen LogP contribution in [0, 0.1) is 5.92 Å². The van der Waals surface area contributed by atoms with Crippen molar-refractivity contribution in [1.82, 2.24) is 20.1 Å². The number of carbonyl (C=O) groups excluding carboxylic acids is 1. The van der Waals surface area contributed by atoms with Gasteiger partial charge in [0.2, 0.25) is 0 Å². The number of hydrogen-bond acceptors (Lipinski definition) is 4. The summed E-state index contributed by atoms with van der Waals surface area (Å²) in [6.45, 7) is 0.0838. The van der Waals surface area contributed by atoms with Crippen LogP contribution < -0.4 is 5.32 Å². The fourth-order valence-electron chi connectivity index (χ4n) is 2.46. The number of rotatable bonds is 6. The molecule has 1 amide bonds. The van der Waals surface area contributed by atoms with Crippen molar-refractivity contribution in [3.05, 3.63) is 42.4 Å². The third-order valence-corrected chi connectivity index (χ3v) is 3.70. The van der Waals surface area contributed by atoms with Crippen LogP contribution in [0.4, 0.5) is 0 Å². The first-order valence-corrected chi connectivity index (χ1v) is 7.16. The molecule has 1 saturated carbocycles. The summed E-state index contributed by atoms with van der Waals surface area (Å²) < 4.78 is 1.58. The van der Waals surface area contributed by atoms with Crippen molar-refractivity contribution in [2.75, 3.05) is 6.61 Å². The Balaban J connectivity index is 1.81. The van der Waals surface area contributed by atoms with Crippen LogP contribution in [0.25, 0.3) is 5.82 Å². The van der Waals surface area contributed by atoms with E-state index < -0.39 is 0 Å². The highest BCUT2D eigenvalue weighted by Gasteiger charge is 2.32. The molecule has 1 fully saturated rings. The second kappa shape index (κ2) is 6.05. The third kappa shape index (κ3) is 3.11. The Morgan fingerprint density at radius 3 is 2.95 bits per heavy atom. The van der Waals surface area contributed by atoms with Gasteiger partial charge < -0.3 is 10.4 Å². The highest BCUT2D eigenvalue weighted by atomic mass is 16.3. The average Bonchev–Trinajstić information content (AvgIpc) is 3.21. The maximum Gasteiger partial charge on any atom is 0.255 e. The number of nitrogens with one attached hydrogen (secondary N) is 1. The molecule has 2 N–H and O–H groups in total. The predicted octanol–water partition coefficient (Wildman–Crippen LogP) is 1.16. The third-order valence-electron chi connectivity index (χ3n) is 3.70. The Bertz CT molecular complexity index is 608. The molecule has 1 unspecified atom stereocenters. The molecule has 0 spiro atoms. The van der Waals surface area contributed by atoms with Crippen LogP contribution in [0.2, 0.25) is 0 Å². The van der Waals surface area contributed by atoms with Crippen LogP contribution in [0.15, 0.2) is 36.8 Å². The molecule has 1 aliphatic rings. The quantitative estimate of drug-likeness (QED) is 0.835. The van der Waals surface area contributed by atoms with E-state index in [1.54, 1.807) is 41.5 Å². The van der Waals surface area contributed by atoms with Gasteiger partial charge in [0.15, 0.2) is 5.82 Å². The maximum atomic E-state index is 12.5. The van der Waals surface area contributed by atoms with Crippen molar-refractivity contribution in [1.29, 1.82) is 0 Å². The summed E-state index contributed by atoms with van der Waals surface area (Å²) in [4.78, 5) is 16.8. The topological polar surface area (TPSA) is 80.0 Å². The Hall–Kier alpha value is -2.21. The normalized spacial score (nSPS) is 15.7. The molecule has 0 aliphatic heterocycles. The lowest BCUT2D eigenvalue weighted by Gasteiger charge is -2.18. The van der Waals surface area contributed by atoms with Crippen LogP contribution in [0.5, 0.6) is 0 Å². The monoisotopic (exact) mass is 286 g/mol. The van der Waals surface area contributed by atoms with Gasteiger partial charge in [-0.1, -0.05) is 0 Å². The molecule has 2 aromatic rings. The zero-order valence-corrected chi connectivity index (χ0v) is 11.6. The lowest BCUT2D eigenvalue weighted by Crippen LogP contribution is -2.37. The molecule has 1 aliphatic carbocycles. The predicted molar refractivity (Wildman–Crippen MR) is 77.0 cm³/mol. The Morgan fingerprint density at radius 1 is 1.43 bits per heavy atom. The first-order valence-electron chi connectivity index (χ1n) is 7.16. The molecule has 6 heteroatoms. The van der Waals surface area contributed by atoms with E-state index in [1.807, 2.05) is 0 Å². The summed E-state index contributed by atoms with van der Waals surface area (Å²) in [5.41, 5.74) is 0.491. The van der Waals surface area contributed by atoms with Crippen LogP contribution >= 0.6 is 0 Å². The molecular formula is C15H18N4O2. The fraction of sp³-hybridized carbons (Fsp3) is 0.400. The van der Waals surface area contributed by atoms with Crippen LogP contribution in [0.3, 0.4) is 0 Å². The van der Waals surface area contributed by atoms with Gasteiger partial charge in [-0.15, -0.1) is 0 Å². The first kappa shape index (κ1) is 13.8. The van der Waals surface area contributed by atoms with Crippen molar-refractivity contribution < 1.29 is 9.90 Å². The number of nitrogens with zero attached hydrogens (tertiary/aromatic N) is 3. The van der Waals surface area contributed by atoms with Crippen molar-refractivity contribution in [2.24, 2.45) is 5.92 Å². The minimum Gasteiger partial charge on any atom is -0.396 e. The Morgan fingerprint density at radius 2 is 2.29 bits per heavy atom. The SMILES string of the molecule is O=C(NC(CCO)C1CC1)c1cccnc1-n1cccn1. The van der Waals surface area contributed by atoms with E-state index in [2.05, 4.69) is 15.4 Å². The number of carbonyl (C=O) groups is 1. The van der Waals surface area contributed by atoms with E-state index in [0.29, 0.717) is 23.7 Å².